The molecule has 0 radical (unpaired) electrons. The Kier molecular flexibility index (Phi) is 5.48. The van der Waals surface area contributed by atoms with E-state index in [-0.39, 0.29) is 5.78 Å². The number of anilines is 2. The van der Waals surface area contributed by atoms with Crippen LogP contribution in [0, 0.1) is 6.92 Å². The fourth-order valence-electron chi connectivity index (χ4n) is 3.74. The van der Waals surface area contributed by atoms with Crippen LogP contribution in [-0.2, 0) is 6.42 Å². The second kappa shape index (κ2) is 8.73. The van der Waals surface area contributed by atoms with Crippen LogP contribution in [0.1, 0.15) is 21.5 Å². The number of nitrogens with zero attached hydrogens (tertiary/aromatic N) is 2. The zero-order chi connectivity index (χ0) is 21.9. The smallest absolute Gasteiger partial charge is 0.167 e. The van der Waals surface area contributed by atoms with Crippen molar-refractivity contribution in [1.82, 2.24) is 9.97 Å². The van der Waals surface area contributed by atoms with E-state index in [0.29, 0.717) is 6.42 Å². The van der Waals surface area contributed by atoms with Gasteiger partial charge in [-0.05, 0) is 60.3 Å². The third-order valence-electron chi connectivity index (χ3n) is 5.31. The lowest BCUT2D eigenvalue weighted by atomic mass is 10.0. The molecule has 5 rings (SSSR count). The van der Waals surface area contributed by atoms with E-state index in [0.717, 1.165) is 49.5 Å². The number of ketones is 1. The van der Waals surface area contributed by atoms with Crippen molar-refractivity contribution in [3.05, 3.63) is 107 Å². The zero-order valence-electron chi connectivity index (χ0n) is 17.6. The van der Waals surface area contributed by atoms with E-state index in [9.17, 15) is 4.79 Å². The first-order chi connectivity index (χ1) is 15.7. The fraction of sp³-hybridized carbons (Fsp3) is 0.0741. The molecule has 5 heteroatoms. The van der Waals surface area contributed by atoms with Crippen molar-refractivity contribution in [2.45, 2.75) is 13.3 Å². The molecule has 0 saturated heterocycles. The SMILES string of the molecule is Cc1cccc(C(=O)Cc2cccc(Nc3cc(-c4cccnc4)nc4sccc34)c2)c1. The molecule has 1 N–H and O–H groups in total. The van der Waals surface area contributed by atoms with Gasteiger partial charge < -0.3 is 5.32 Å². The largest absolute Gasteiger partial charge is 0.355 e. The predicted octanol–water partition coefficient (Wildman–Crippen LogP) is 6.84. The predicted molar refractivity (Wildman–Crippen MR) is 132 cm³/mol. The van der Waals surface area contributed by atoms with Gasteiger partial charge in [-0.1, -0.05) is 35.9 Å². The zero-order valence-corrected chi connectivity index (χ0v) is 18.4. The molecule has 5 aromatic rings. The maximum Gasteiger partial charge on any atom is 0.167 e. The van der Waals surface area contributed by atoms with Gasteiger partial charge in [-0.3, -0.25) is 9.78 Å². The van der Waals surface area contributed by atoms with Gasteiger partial charge in [0.25, 0.3) is 0 Å². The molecule has 0 spiro atoms. The minimum Gasteiger partial charge on any atom is -0.355 e. The monoisotopic (exact) mass is 435 g/mol. The summed E-state index contributed by atoms with van der Waals surface area (Å²) in [6.45, 7) is 2.00. The van der Waals surface area contributed by atoms with Gasteiger partial charge in [0, 0.05) is 41.0 Å². The number of carbonyl (C=O) groups excluding carboxylic acids is 1. The van der Waals surface area contributed by atoms with Gasteiger partial charge in [0.15, 0.2) is 5.78 Å². The lowest BCUT2D eigenvalue weighted by molar-refractivity contribution is 0.0993. The van der Waals surface area contributed by atoms with Crippen molar-refractivity contribution >= 4 is 38.7 Å². The van der Waals surface area contributed by atoms with E-state index in [1.165, 1.54) is 0 Å². The number of carbonyl (C=O) groups is 1. The molecule has 0 bridgehead atoms. The van der Waals surface area contributed by atoms with Crippen LogP contribution in [0.5, 0.6) is 0 Å². The highest BCUT2D eigenvalue weighted by molar-refractivity contribution is 7.16. The van der Waals surface area contributed by atoms with Crippen molar-refractivity contribution in [2.24, 2.45) is 0 Å². The number of pyridine rings is 2. The molecule has 0 aliphatic rings. The van der Waals surface area contributed by atoms with E-state index in [4.69, 9.17) is 4.98 Å². The summed E-state index contributed by atoms with van der Waals surface area (Å²) in [6, 6.07) is 23.8. The summed E-state index contributed by atoms with van der Waals surface area (Å²) in [5.41, 5.74) is 6.59. The Morgan fingerprint density at radius 2 is 1.91 bits per heavy atom. The normalized spacial score (nSPS) is 10.9. The minimum absolute atomic E-state index is 0.119. The molecule has 2 aromatic carbocycles. The van der Waals surface area contributed by atoms with E-state index in [1.807, 2.05) is 79.2 Å². The molecular formula is C27H21N3OS. The summed E-state index contributed by atoms with van der Waals surface area (Å²) < 4.78 is 0. The second-order valence-electron chi connectivity index (χ2n) is 7.73. The lowest BCUT2D eigenvalue weighted by Crippen LogP contribution is -2.04. The third-order valence-corrected chi connectivity index (χ3v) is 6.11. The number of hydrogen-bond donors (Lipinski definition) is 1. The molecule has 156 valence electrons. The molecule has 0 aliphatic carbocycles. The maximum atomic E-state index is 12.7. The maximum absolute atomic E-state index is 12.7. The fourth-order valence-corrected chi connectivity index (χ4v) is 4.52. The first kappa shape index (κ1) is 20.1. The Morgan fingerprint density at radius 1 is 1.00 bits per heavy atom. The summed E-state index contributed by atoms with van der Waals surface area (Å²) in [6.07, 6.45) is 3.95. The number of benzene rings is 2. The summed E-state index contributed by atoms with van der Waals surface area (Å²) >= 11 is 1.62. The molecular weight excluding hydrogens is 414 g/mol. The number of hydrogen-bond acceptors (Lipinski definition) is 5. The van der Waals surface area contributed by atoms with Gasteiger partial charge >= 0.3 is 0 Å². The number of thiophene rings is 1. The quantitative estimate of drug-likeness (QED) is 0.297. The van der Waals surface area contributed by atoms with Crippen molar-refractivity contribution in [1.29, 1.82) is 0 Å². The Balaban J connectivity index is 1.43. The van der Waals surface area contributed by atoms with E-state index in [1.54, 1.807) is 17.5 Å². The second-order valence-corrected chi connectivity index (χ2v) is 8.63. The van der Waals surface area contributed by atoms with Crippen molar-refractivity contribution < 1.29 is 4.79 Å². The molecule has 0 amide bonds. The third kappa shape index (κ3) is 4.29. The Bertz CT molecular complexity index is 1410. The van der Waals surface area contributed by atoms with Gasteiger partial charge in [0.1, 0.15) is 4.83 Å². The average Bonchev–Trinajstić information content (AvgIpc) is 3.29. The van der Waals surface area contributed by atoms with Crippen molar-refractivity contribution in [2.75, 3.05) is 5.32 Å². The molecule has 4 nitrogen and oxygen atoms in total. The molecule has 0 atom stereocenters. The molecule has 0 saturated carbocycles. The van der Waals surface area contributed by atoms with Crippen LogP contribution in [0.25, 0.3) is 21.5 Å². The van der Waals surface area contributed by atoms with Crippen LogP contribution in [0.4, 0.5) is 11.4 Å². The van der Waals surface area contributed by atoms with Gasteiger partial charge in [0.05, 0.1) is 11.4 Å². The Hall–Kier alpha value is -3.83. The highest BCUT2D eigenvalue weighted by Gasteiger charge is 2.11. The topological polar surface area (TPSA) is 54.9 Å². The van der Waals surface area contributed by atoms with Gasteiger partial charge in [-0.25, -0.2) is 4.98 Å². The number of fused-ring (bicyclic) bond motifs is 1. The van der Waals surface area contributed by atoms with Crippen LogP contribution in [0.15, 0.2) is 90.6 Å². The molecule has 3 heterocycles. The van der Waals surface area contributed by atoms with E-state index < -0.39 is 0 Å². The van der Waals surface area contributed by atoms with Crippen LogP contribution in [-0.4, -0.2) is 15.8 Å². The Labute approximate surface area is 190 Å². The standard InChI is InChI=1S/C27H21N3OS/c1-18-5-2-7-20(13-18)26(31)15-19-6-3-9-22(14-19)29-25-16-24(21-8-4-11-28-17-21)30-27-23(25)10-12-32-27/h2-14,16-17H,15H2,1H3,(H,29,30). The molecule has 0 unspecified atom stereocenters. The van der Waals surface area contributed by atoms with Gasteiger partial charge in [0.2, 0.25) is 0 Å². The number of rotatable bonds is 6. The van der Waals surface area contributed by atoms with Crippen LogP contribution in [0.2, 0.25) is 0 Å². The van der Waals surface area contributed by atoms with Crippen LogP contribution < -0.4 is 5.32 Å². The average molecular weight is 436 g/mol. The molecule has 32 heavy (non-hydrogen) atoms. The van der Waals surface area contributed by atoms with E-state index in [2.05, 4.69) is 22.4 Å². The lowest BCUT2D eigenvalue weighted by Gasteiger charge is -2.11. The number of Topliss-reactive ketones (excluding diaryl/α,β-unsaturated/α-hetero) is 1. The molecule has 3 aromatic heterocycles. The first-order valence-electron chi connectivity index (χ1n) is 10.4. The summed E-state index contributed by atoms with van der Waals surface area (Å²) in [7, 11) is 0. The van der Waals surface area contributed by atoms with Crippen LogP contribution >= 0.6 is 11.3 Å². The van der Waals surface area contributed by atoms with Gasteiger partial charge in [-0.15, -0.1) is 11.3 Å². The Morgan fingerprint density at radius 3 is 2.75 bits per heavy atom. The summed E-state index contributed by atoms with van der Waals surface area (Å²) in [5.74, 6) is 0.119. The van der Waals surface area contributed by atoms with E-state index >= 15 is 0 Å². The highest BCUT2D eigenvalue weighted by Crippen LogP contribution is 2.33. The summed E-state index contributed by atoms with van der Waals surface area (Å²) in [4.78, 5) is 22.7. The van der Waals surface area contributed by atoms with Crippen molar-refractivity contribution in [3.63, 3.8) is 0 Å². The van der Waals surface area contributed by atoms with Crippen LogP contribution in [0.3, 0.4) is 0 Å². The highest BCUT2D eigenvalue weighted by atomic mass is 32.1. The molecule has 0 fully saturated rings. The number of aromatic nitrogens is 2. The van der Waals surface area contributed by atoms with Crippen molar-refractivity contribution in [3.8, 4) is 11.3 Å². The van der Waals surface area contributed by atoms with Gasteiger partial charge in [-0.2, -0.15) is 0 Å². The number of nitrogens with one attached hydrogen (secondary N) is 1. The minimum atomic E-state index is 0.119. The first-order valence-corrected chi connectivity index (χ1v) is 11.3. The number of aryl methyl sites for hydroxylation is 1. The summed E-state index contributed by atoms with van der Waals surface area (Å²) in [5, 5.41) is 6.66. The molecule has 0 aliphatic heterocycles.